The van der Waals surface area contributed by atoms with Crippen molar-refractivity contribution in [3.8, 4) is 0 Å². The Labute approximate surface area is 104 Å². The van der Waals surface area contributed by atoms with Crippen molar-refractivity contribution in [2.24, 2.45) is 0 Å². The molecule has 0 aliphatic carbocycles. The van der Waals surface area contributed by atoms with E-state index in [9.17, 15) is 9.90 Å². The van der Waals surface area contributed by atoms with Gasteiger partial charge in [0, 0.05) is 10.8 Å². The Morgan fingerprint density at radius 2 is 1.56 bits per heavy atom. The lowest BCUT2D eigenvalue weighted by molar-refractivity contribution is -0.138. The lowest BCUT2D eigenvalue weighted by atomic mass is 9.33. The maximum absolute atomic E-state index is 11.2. The molecule has 8 heteroatoms. The molecule has 0 rings (SSSR count). The average Bonchev–Trinajstić information content (AvgIpc) is 1.97. The first-order valence-corrected chi connectivity index (χ1v) is 5.83. The molecule has 0 radical (unpaired) electrons. The van der Waals surface area contributed by atoms with Crippen molar-refractivity contribution < 1.29 is 9.90 Å². The van der Waals surface area contributed by atoms with Gasteiger partial charge in [-0.05, 0) is 26.1 Å². The van der Waals surface area contributed by atoms with Crippen LogP contribution in [0.3, 0.4) is 0 Å². The van der Waals surface area contributed by atoms with Crippen LogP contribution in [0.5, 0.6) is 0 Å². The van der Waals surface area contributed by atoms with E-state index in [1.807, 2.05) is 7.85 Å². The van der Waals surface area contributed by atoms with E-state index in [0.717, 1.165) is 0 Å². The van der Waals surface area contributed by atoms with Crippen molar-refractivity contribution >= 4 is 45.2 Å². The molecule has 0 aliphatic heterocycles. The number of carbonyl (C=O) groups is 1. The number of carboxylic acids is 1. The van der Waals surface area contributed by atoms with Crippen LogP contribution in [0.1, 0.15) is 20.8 Å². The minimum atomic E-state index is -0.746. The first-order valence-electron chi connectivity index (χ1n) is 5.83. The van der Waals surface area contributed by atoms with E-state index in [2.05, 4.69) is 41.8 Å². The number of rotatable bonds is 4. The minimum absolute atomic E-state index is 0.0215. The van der Waals surface area contributed by atoms with E-state index in [1.54, 1.807) is 15.7 Å². The molecule has 86 valence electrons. The summed E-state index contributed by atoms with van der Waals surface area (Å²) in [6.07, 6.45) is 0. The Kier molecular flexibility index (Phi) is 4.49. The van der Waals surface area contributed by atoms with Gasteiger partial charge >= 0.3 is 0 Å². The summed E-state index contributed by atoms with van der Waals surface area (Å²) >= 11 is 0. The van der Waals surface area contributed by atoms with Gasteiger partial charge in [-0.3, -0.25) is 4.79 Å². The van der Waals surface area contributed by atoms with Gasteiger partial charge < -0.3 is 10.4 Å². The van der Waals surface area contributed by atoms with Crippen molar-refractivity contribution in [2.45, 2.75) is 42.7 Å². The summed E-state index contributed by atoms with van der Waals surface area (Å²) in [6, 6.07) is 0. The summed E-state index contributed by atoms with van der Waals surface area (Å²) in [5.41, 5.74) is -0.0215. The number of aliphatic carboxylic acids is 1. The van der Waals surface area contributed by atoms with E-state index < -0.39 is 11.2 Å². The van der Waals surface area contributed by atoms with Crippen LogP contribution in [0.25, 0.3) is 0 Å². The van der Waals surface area contributed by atoms with Crippen LogP contribution in [0.2, 0.25) is 11.0 Å². The molecule has 0 aromatic carbocycles. The maximum atomic E-state index is 11.2. The molecule has 0 saturated heterocycles. The van der Waals surface area contributed by atoms with Crippen molar-refractivity contribution in [3.63, 3.8) is 0 Å². The second-order valence-corrected chi connectivity index (χ2v) is 6.85. The highest BCUT2D eigenvalue weighted by Crippen LogP contribution is 2.37. The lowest BCUT2D eigenvalue weighted by Crippen LogP contribution is -2.60. The molecular formula is C8H22B5NO2. The van der Waals surface area contributed by atoms with Crippen LogP contribution in [-0.2, 0) is 4.79 Å². The summed E-state index contributed by atoms with van der Waals surface area (Å²) in [7, 11) is 9.69. The van der Waals surface area contributed by atoms with Gasteiger partial charge in [-0.1, -0.05) is 5.82 Å². The maximum Gasteiger partial charge on any atom is 0.293 e. The third-order valence-electron chi connectivity index (χ3n) is 3.41. The summed E-state index contributed by atoms with van der Waals surface area (Å²) < 4.78 is 0. The summed E-state index contributed by atoms with van der Waals surface area (Å²) in [5.74, 6) is -0.722. The quantitative estimate of drug-likeness (QED) is 0.476. The fourth-order valence-corrected chi connectivity index (χ4v) is 2.16. The van der Waals surface area contributed by atoms with Gasteiger partial charge in [-0.2, -0.15) is 0 Å². The topological polar surface area (TPSA) is 49.3 Å². The van der Waals surface area contributed by atoms with Gasteiger partial charge in [-0.25, -0.2) is 0 Å². The Balaban J connectivity index is 4.96. The van der Waals surface area contributed by atoms with E-state index >= 15 is 0 Å². The van der Waals surface area contributed by atoms with Crippen molar-refractivity contribution in [2.75, 3.05) is 0 Å². The van der Waals surface area contributed by atoms with Gasteiger partial charge in [0.25, 0.3) is 5.97 Å². The molecule has 0 saturated carbocycles. The number of nitrogens with one attached hydrogen (secondary N) is 1. The molecule has 0 heterocycles. The lowest BCUT2D eigenvalue weighted by Gasteiger charge is -2.45. The molecule has 1 unspecified atom stereocenters. The Morgan fingerprint density at radius 3 is 1.81 bits per heavy atom. The summed E-state index contributed by atoms with van der Waals surface area (Å²) in [6.45, 7) is 6.28. The van der Waals surface area contributed by atoms with Crippen molar-refractivity contribution in [1.82, 2.24) is 5.32 Å². The zero-order valence-corrected chi connectivity index (χ0v) is 11.9. The van der Waals surface area contributed by atoms with Gasteiger partial charge in [0.1, 0.15) is 39.2 Å². The third kappa shape index (κ3) is 3.97. The predicted octanol–water partition coefficient (Wildman–Crippen LogP) is -3.82. The molecule has 0 aromatic rings. The Hall–Kier alpha value is -0.245. The smallest absolute Gasteiger partial charge is 0.293 e. The number of hydrogen-bond donors (Lipinski definition) is 2. The molecule has 16 heavy (non-hydrogen) atoms. The Morgan fingerprint density at radius 1 is 1.19 bits per heavy atom. The normalized spacial score (nSPS) is 15.7. The molecule has 0 spiro atoms. The molecule has 1 atom stereocenters. The van der Waals surface area contributed by atoms with E-state index in [4.69, 9.17) is 0 Å². The van der Waals surface area contributed by atoms with Crippen LogP contribution < -0.4 is 5.32 Å². The second kappa shape index (κ2) is 4.56. The molecule has 3 nitrogen and oxygen atoms in total. The predicted molar refractivity (Wildman–Crippen MR) is 82.4 cm³/mol. The van der Waals surface area contributed by atoms with E-state index in [-0.39, 0.29) is 16.7 Å². The fourth-order valence-electron chi connectivity index (χ4n) is 2.16. The van der Waals surface area contributed by atoms with Gasteiger partial charge in [-0.15, -0.1) is 0 Å². The zero-order valence-electron chi connectivity index (χ0n) is 11.9. The van der Waals surface area contributed by atoms with Crippen LogP contribution in [0, 0.1) is 0 Å². The molecular weight excluding hydrogens is 196 g/mol. The number of hydrogen-bond acceptors (Lipinski definition) is 2. The molecule has 0 fully saturated rings. The first kappa shape index (κ1) is 15.8. The third-order valence-corrected chi connectivity index (χ3v) is 3.41. The minimum Gasteiger partial charge on any atom is -0.482 e. The van der Waals surface area contributed by atoms with E-state index in [0.29, 0.717) is 0 Å². The van der Waals surface area contributed by atoms with Crippen LogP contribution in [-0.4, -0.2) is 61.2 Å². The largest absolute Gasteiger partial charge is 0.482 e. The first-order chi connectivity index (χ1) is 6.81. The van der Waals surface area contributed by atoms with Crippen molar-refractivity contribution in [1.29, 1.82) is 0 Å². The van der Waals surface area contributed by atoms with Crippen LogP contribution in [0.4, 0.5) is 0 Å². The van der Waals surface area contributed by atoms with Crippen LogP contribution in [0.15, 0.2) is 0 Å². The molecule has 0 bridgehead atoms. The summed E-state index contributed by atoms with van der Waals surface area (Å²) in [4.78, 5) is 11.2. The number of carboxylic acid groups (broad SMARTS) is 1. The van der Waals surface area contributed by atoms with E-state index in [1.165, 1.54) is 0 Å². The van der Waals surface area contributed by atoms with Crippen LogP contribution >= 0.6 is 0 Å². The van der Waals surface area contributed by atoms with Gasteiger partial charge in [0.2, 0.25) is 0 Å². The summed E-state index contributed by atoms with van der Waals surface area (Å²) in [5, 5.41) is 11.8. The molecule has 2 N–H and O–H groups in total. The average molecular weight is 218 g/mol. The Bertz CT molecular complexity index is 274. The van der Waals surface area contributed by atoms with Gasteiger partial charge in [0.05, 0.1) is 0 Å². The van der Waals surface area contributed by atoms with Crippen molar-refractivity contribution in [3.05, 3.63) is 0 Å². The second-order valence-electron chi connectivity index (χ2n) is 6.85. The highest BCUT2D eigenvalue weighted by atomic mass is 16.4. The monoisotopic (exact) mass is 219 g/mol. The molecule has 0 aromatic heterocycles. The fraction of sp³-hybridized carbons (Fsp3) is 0.875. The zero-order chi connectivity index (χ0) is 13.4. The SMILES string of the molecule is BC(C(B)(B)NC(C)(C)C)C(B)(B)C(=O)O. The standard InChI is InChI=1S/C8H22B5NO2/c1-6(2,3)14-8(12,13)4(9)7(10,11)5(15)16/h4,14H,9-13H2,1-3H3,(H,15,16). The highest BCUT2D eigenvalue weighted by molar-refractivity contribution is 6.56. The highest BCUT2D eigenvalue weighted by Gasteiger charge is 2.42. The molecule has 0 amide bonds. The molecule has 0 aliphatic rings. The van der Waals surface area contributed by atoms with Gasteiger partial charge in [0.15, 0.2) is 0 Å².